The minimum atomic E-state index is -6.37. The zero-order chi connectivity index (χ0) is 42.4. The Balaban J connectivity index is 7.59. The van der Waals surface area contributed by atoms with Crippen molar-refractivity contribution in [1.82, 2.24) is 0 Å². The molecule has 0 saturated heterocycles. The van der Waals surface area contributed by atoms with Gasteiger partial charge in [-0.1, -0.05) is 0 Å². The molecule has 33 nitrogen and oxygen atoms in total. The molecule has 0 aromatic rings. The molecule has 0 amide bonds. The zero-order valence-corrected chi connectivity index (χ0v) is 23.7. The topological polar surface area (TPSA) is 664 Å². The molecule has 33 heteroatoms. The number of carbonyl (C=O) groups is 1. The van der Waals surface area contributed by atoms with Gasteiger partial charge in [0.1, 0.15) is 0 Å². The number of carboxylic acid groups (broad SMARTS) is 1. The first-order valence-electron chi connectivity index (χ1n) is 11.6. The van der Waals surface area contributed by atoms with Crippen LogP contribution in [0.4, 0.5) is 0 Å². The lowest BCUT2D eigenvalue weighted by atomic mass is 9.78. The Hall–Kier alpha value is -2.93. The number of hydrogen-bond acceptors (Lipinski definition) is 32. The molecule has 32 N–H and O–H groups in total. The fraction of sp³-hybridized carbons (Fsp3) is 0.722. The number of aliphatic carboxylic acids is 1. The third kappa shape index (κ3) is 6.11. The van der Waals surface area contributed by atoms with Crippen molar-refractivity contribution in [2.24, 2.45) is 0 Å². The summed E-state index contributed by atoms with van der Waals surface area (Å²) in [6.07, 6.45) is 0. The molecule has 51 heavy (non-hydrogen) atoms. The van der Waals surface area contributed by atoms with Crippen LogP contribution in [0.2, 0.25) is 0 Å². The molecule has 0 heterocycles. The molecular formula is C18H32O33. The normalized spacial score (nSPS) is 17.2. The van der Waals surface area contributed by atoms with Gasteiger partial charge in [0, 0.05) is 0 Å². The van der Waals surface area contributed by atoms with Crippen LogP contribution in [0.25, 0.3) is 0 Å². The van der Waals surface area contributed by atoms with Gasteiger partial charge >= 0.3 is 23.5 Å². The van der Waals surface area contributed by atoms with Crippen molar-refractivity contribution < 1.29 is 168 Å². The largest absolute Gasteiger partial charge is 0.504 e. The summed E-state index contributed by atoms with van der Waals surface area (Å²) in [7, 11) is 0. The molecule has 0 spiro atoms. The highest BCUT2D eigenvalue weighted by Crippen LogP contribution is 2.47. The highest BCUT2D eigenvalue weighted by Gasteiger charge is 2.84. The van der Waals surface area contributed by atoms with Gasteiger partial charge < -0.3 is 163 Å². The van der Waals surface area contributed by atoms with Crippen LogP contribution in [0.3, 0.4) is 0 Å². The van der Waals surface area contributed by atoms with E-state index >= 15 is 0 Å². The van der Waals surface area contributed by atoms with Gasteiger partial charge in [0.2, 0.25) is 23.0 Å². The van der Waals surface area contributed by atoms with E-state index in [9.17, 15) is 148 Å². The van der Waals surface area contributed by atoms with E-state index in [0.29, 0.717) is 0 Å². The molecule has 0 bridgehead atoms. The van der Waals surface area contributed by atoms with Gasteiger partial charge in [0.05, 0.1) is 0 Å². The van der Waals surface area contributed by atoms with Crippen molar-refractivity contribution in [1.29, 1.82) is 0 Å². The van der Waals surface area contributed by atoms with Crippen LogP contribution in [0, 0.1) is 0 Å². The predicted molar refractivity (Wildman–Crippen MR) is 128 cm³/mol. The summed E-state index contributed by atoms with van der Waals surface area (Å²) < 4.78 is 0. The molecule has 0 aliphatic heterocycles. The molecule has 0 aromatic heterocycles. The van der Waals surface area contributed by atoms with E-state index in [1.165, 1.54) is 0 Å². The van der Waals surface area contributed by atoms with Crippen molar-refractivity contribution in [3.63, 3.8) is 0 Å². The average molecular weight is 776 g/mol. The van der Waals surface area contributed by atoms with Crippen LogP contribution in [0.1, 0.15) is 0 Å². The molecule has 0 radical (unpaired) electrons. The molecule has 0 unspecified atom stereocenters. The van der Waals surface area contributed by atoms with E-state index in [0.717, 1.165) is 0 Å². The van der Waals surface area contributed by atoms with Gasteiger partial charge in [-0.05, 0) is 0 Å². The summed E-state index contributed by atoms with van der Waals surface area (Å²) in [4.78, 5) is 10.9. The second-order valence-corrected chi connectivity index (χ2v) is 10.4. The first-order valence-corrected chi connectivity index (χ1v) is 11.6. The van der Waals surface area contributed by atoms with Crippen molar-refractivity contribution in [2.45, 2.75) is 75.4 Å². The zero-order valence-electron chi connectivity index (χ0n) is 23.7. The van der Waals surface area contributed by atoms with Crippen LogP contribution in [0.5, 0.6) is 0 Å². The Bertz CT molecular complexity index is 1400. The van der Waals surface area contributed by atoms with E-state index in [4.69, 9.17) is 20.4 Å². The lowest BCUT2D eigenvalue weighted by Gasteiger charge is -2.53. The van der Waals surface area contributed by atoms with Crippen molar-refractivity contribution >= 4 is 5.97 Å². The fourth-order valence-electron chi connectivity index (χ4n) is 3.19. The summed E-state index contributed by atoms with van der Waals surface area (Å²) in [6.45, 7) is 0. The van der Waals surface area contributed by atoms with Crippen LogP contribution in [-0.4, -0.2) is 245 Å². The van der Waals surface area contributed by atoms with Crippen molar-refractivity contribution in [2.75, 3.05) is 0 Å². The van der Waals surface area contributed by atoms with Crippen molar-refractivity contribution in [3.05, 3.63) is 23.0 Å². The van der Waals surface area contributed by atoms with Gasteiger partial charge in [-0.2, -0.15) is 0 Å². The van der Waals surface area contributed by atoms with Crippen LogP contribution in [-0.2, 0) is 4.79 Å². The summed E-state index contributed by atoms with van der Waals surface area (Å²) in [6, 6.07) is 0. The molecular weight excluding hydrogens is 744 g/mol. The maximum Gasteiger partial charge on any atom is 0.370 e. The van der Waals surface area contributed by atoms with Crippen LogP contribution in [0.15, 0.2) is 23.0 Å². The second-order valence-electron chi connectivity index (χ2n) is 10.4. The third-order valence-corrected chi connectivity index (χ3v) is 6.91. The lowest BCUT2D eigenvalue weighted by molar-refractivity contribution is -0.572. The quantitative estimate of drug-likeness (QED) is 0.0542. The Labute approximate surface area is 273 Å². The Morgan fingerprint density at radius 1 is 0.255 bits per heavy atom. The van der Waals surface area contributed by atoms with E-state index in [1.54, 1.807) is 0 Å². The first-order chi connectivity index (χ1) is 21.6. The highest BCUT2D eigenvalue weighted by molar-refractivity contribution is 5.76. The van der Waals surface area contributed by atoms with E-state index in [2.05, 4.69) is 0 Å². The average Bonchev–Trinajstić information content (AvgIpc) is 2.93. The van der Waals surface area contributed by atoms with Gasteiger partial charge in [0.25, 0.3) is 57.9 Å². The molecule has 0 aromatic carbocycles. The standard InChI is InChI=1S/C18H32O33/c19-1(6(25,26)2(20)4(22)8(29,30)11(35,36)15(43,44)17(47,48)18(49,50)51)3(21)7(27,28)10(33,34)13(39,40)16(45,46)14(41,42)12(37,38)9(31,32)5(23)24/h19-22,25-51H,(H,23,24)/b3-1-,4-2-. The summed E-state index contributed by atoms with van der Waals surface area (Å²) in [5.74, 6) is -94.5. The first kappa shape index (κ1) is 48.1. The van der Waals surface area contributed by atoms with Crippen molar-refractivity contribution in [3.8, 4) is 0 Å². The Morgan fingerprint density at radius 3 is 0.667 bits per heavy atom. The third-order valence-electron chi connectivity index (χ3n) is 6.91. The maximum absolute atomic E-state index is 10.9. The fourth-order valence-corrected chi connectivity index (χ4v) is 3.19. The number of hydrogen-bond donors (Lipinski definition) is 32. The summed E-state index contributed by atoms with van der Waals surface area (Å²) in [5, 5.41) is 307. The SMILES string of the molecule is O=C(O)C(O)(O)C(O)(O)C(O)(O)C(O)(O)C(O)(O)C(O)(O)C(O)(O)/C(O)=C(/O)C(O)(O)/C(O)=C(/O)C(O)(O)C(O)(O)C(O)(O)C(O)(O)C(O)(O)O. The smallest absolute Gasteiger partial charge is 0.370 e. The predicted octanol–water partition coefficient (Wildman–Crippen LogP) is -17.5. The molecule has 302 valence electrons. The van der Waals surface area contributed by atoms with E-state index in [-0.39, 0.29) is 0 Å². The minimum Gasteiger partial charge on any atom is -0.504 e. The molecule has 0 fully saturated rings. The molecule has 0 atom stereocenters. The molecule has 0 rings (SSSR count). The number of aliphatic hydroxyl groups excluding tert-OH is 4. The Kier molecular flexibility index (Phi) is 11.6. The lowest BCUT2D eigenvalue weighted by Crippen LogP contribution is -2.87. The monoisotopic (exact) mass is 776 g/mol. The van der Waals surface area contributed by atoms with Crippen LogP contribution < -0.4 is 0 Å². The van der Waals surface area contributed by atoms with Crippen LogP contribution >= 0.6 is 0 Å². The van der Waals surface area contributed by atoms with Gasteiger partial charge in [-0.15, -0.1) is 0 Å². The Morgan fingerprint density at radius 2 is 0.451 bits per heavy atom. The number of rotatable bonds is 15. The molecule has 0 aliphatic rings. The maximum atomic E-state index is 10.9. The van der Waals surface area contributed by atoms with E-state index < -0.39 is 104 Å². The molecule has 0 saturated carbocycles. The van der Waals surface area contributed by atoms with Gasteiger partial charge in [0.15, 0.2) is 0 Å². The molecule has 0 aliphatic carbocycles. The van der Waals surface area contributed by atoms with Gasteiger partial charge in [-0.25, -0.2) is 4.79 Å². The second kappa shape index (κ2) is 12.3. The summed E-state index contributed by atoms with van der Waals surface area (Å²) in [5.41, 5.74) is 0. The summed E-state index contributed by atoms with van der Waals surface area (Å²) >= 11 is 0. The van der Waals surface area contributed by atoms with Gasteiger partial charge in [-0.3, -0.25) is 0 Å². The number of aliphatic hydroxyl groups is 31. The highest BCUT2D eigenvalue weighted by atomic mass is 16.8. The van der Waals surface area contributed by atoms with E-state index in [1.807, 2.05) is 0 Å². The minimum absolute atomic E-state index is 3.38. The number of carboxylic acids is 1.